The van der Waals surface area contributed by atoms with Crippen LogP contribution in [0.4, 0.5) is 5.95 Å². The summed E-state index contributed by atoms with van der Waals surface area (Å²) in [6, 6.07) is 1.61. The van der Waals surface area contributed by atoms with Crippen molar-refractivity contribution in [2.75, 3.05) is 30.5 Å². The van der Waals surface area contributed by atoms with E-state index in [0.29, 0.717) is 5.95 Å². The highest BCUT2D eigenvalue weighted by atomic mass is 32.5. The monoisotopic (exact) mass is 307 g/mol. The molecular formula is C11H22N3O3PS. The van der Waals surface area contributed by atoms with Gasteiger partial charge in [-0.25, -0.2) is 4.98 Å². The third-order valence-corrected chi connectivity index (χ3v) is 7.01. The van der Waals surface area contributed by atoms with Crippen molar-refractivity contribution in [2.45, 2.75) is 20.8 Å². The topological polar surface area (TPSA) is 78.7 Å². The predicted octanol–water partition coefficient (Wildman–Crippen LogP) is 1.55. The second kappa shape index (κ2) is 6.70. The molecule has 0 unspecified atom stereocenters. The minimum Gasteiger partial charge on any atom is -0.409 e. The van der Waals surface area contributed by atoms with E-state index in [1.807, 2.05) is 25.7 Å². The molecule has 0 aliphatic carbocycles. The fraction of sp³-hybridized carbons (Fsp3) is 0.636. The minimum atomic E-state index is -3.40. The Morgan fingerprint density at radius 3 is 2.32 bits per heavy atom. The molecule has 0 spiro atoms. The van der Waals surface area contributed by atoms with Gasteiger partial charge >= 0.3 is 6.72 Å². The third-order valence-electron chi connectivity index (χ3n) is 2.55. The zero-order chi connectivity index (χ0) is 14.6. The van der Waals surface area contributed by atoms with Crippen molar-refractivity contribution >= 4 is 22.7 Å². The molecule has 0 saturated carbocycles. The van der Waals surface area contributed by atoms with Crippen molar-refractivity contribution in [3.63, 3.8) is 0 Å². The van der Waals surface area contributed by atoms with E-state index in [9.17, 15) is 9.79 Å². The summed E-state index contributed by atoms with van der Waals surface area (Å²) in [6.45, 7) is 4.02. The van der Waals surface area contributed by atoms with E-state index in [1.165, 1.54) is 0 Å². The molecule has 0 aromatic carbocycles. The second-order valence-electron chi connectivity index (χ2n) is 4.18. The van der Waals surface area contributed by atoms with E-state index in [2.05, 4.69) is 9.97 Å². The van der Waals surface area contributed by atoms with E-state index in [0.717, 1.165) is 18.8 Å². The molecule has 0 amide bonds. The van der Waals surface area contributed by atoms with E-state index < -0.39 is 16.8 Å². The Morgan fingerprint density at radius 1 is 1.26 bits per heavy atom. The number of anilines is 1. The van der Waals surface area contributed by atoms with Gasteiger partial charge in [-0.05, 0) is 33.3 Å². The number of hydrogen-bond donors (Lipinski definition) is 2. The van der Waals surface area contributed by atoms with Gasteiger partial charge in [0.2, 0.25) is 11.8 Å². The fourth-order valence-electron chi connectivity index (χ4n) is 1.42. The van der Waals surface area contributed by atoms with Crippen molar-refractivity contribution in [1.82, 2.24) is 9.97 Å². The quantitative estimate of drug-likeness (QED) is 0.804. The van der Waals surface area contributed by atoms with Crippen LogP contribution in [0.25, 0.3) is 0 Å². The average Bonchev–Trinajstić information content (AvgIpc) is 2.28. The standard InChI is InChI=1S/C11H22N3O3PS/c1-6-14(7-2)11-12-9(3)8-10(13-11)17-18(15,16)19(4)5/h8,15-16H,6-7H2,1-5H3. The van der Waals surface area contributed by atoms with Crippen LogP contribution >= 0.6 is 6.72 Å². The van der Waals surface area contributed by atoms with Crippen LogP contribution in [0.1, 0.15) is 19.5 Å². The van der Waals surface area contributed by atoms with Gasteiger partial charge in [-0.2, -0.15) is 4.98 Å². The summed E-state index contributed by atoms with van der Waals surface area (Å²) in [5.74, 6) is 0.765. The van der Waals surface area contributed by atoms with Crippen LogP contribution in [0.5, 0.6) is 5.88 Å². The molecular weight excluding hydrogens is 285 g/mol. The Balaban J connectivity index is 3.14. The maximum Gasteiger partial charge on any atom is 0.333 e. The molecule has 2 N–H and O–H groups in total. The molecule has 19 heavy (non-hydrogen) atoms. The molecule has 1 heterocycles. The van der Waals surface area contributed by atoms with Crippen LogP contribution in [0.3, 0.4) is 0 Å². The molecule has 8 heteroatoms. The lowest BCUT2D eigenvalue weighted by Crippen LogP contribution is -2.24. The smallest absolute Gasteiger partial charge is 0.333 e. The van der Waals surface area contributed by atoms with E-state index in [1.54, 1.807) is 18.6 Å². The number of nitrogens with zero attached hydrogens (tertiary/aromatic N) is 3. The Morgan fingerprint density at radius 2 is 1.84 bits per heavy atom. The normalized spacial score (nSPS) is 11.8. The third kappa shape index (κ3) is 4.45. The summed E-state index contributed by atoms with van der Waals surface area (Å²) in [5.41, 5.74) is 0.735. The lowest BCUT2D eigenvalue weighted by molar-refractivity contribution is 0.363. The highest BCUT2D eigenvalue weighted by Gasteiger charge is 2.17. The van der Waals surface area contributed by atoms with Crippen LogP contribution in [0.2, 0.25) is 0 Å². The van der Waals surface area contributed by atoms with Crippen molar-refractivity contribution in [2.24, 2.45) is 0 Å². The van der Waals surface area contributed by atoms with E-state index in [4.69, 9.17) is 4.52 Å². The highest BCUT2D eigenvalue weighted by molar-refractivity contribution is 8.27. The summed E-state index contributed by atoms with van der Waals surface area (Å²) in [4.78, 5) is 30.3. The van der Waals surface area contributed by atoms with E-state index in [-0.39, 0.29) is 5.88 Å². The molecule has 0 atom stereocenters. The largest absolute Gasteiger partial charge is 0.409 e. The summed E-state index contributed by atoms with van der Waals surface area (Å²) >= 11 is 0. The highest BCUT2D eigenvalue weighted by Crippen LogP contribution is 2.42. The first-order valence-electron chi connectivity index (χ1n) is 6.03. The van der Waals surface area contributed by atoms with Crippen molar-refractivity contribution < 1.29 is 14.3 Å². The summed E-state index contributed by atoms with van der Waals surface area (Å²) in [5, 5.41) is 0. The molecule has 0 saturated heterocycles. The first-order valence-corrected chi connectivity index (χ1v) is 10.3. The van der Waals surface area contributed by atoms with Crippen molar-refractivity contribution in [1.29, 1.82) is 0 Å². The molecule has 1 rings (SSSR count). The zero-order valence-corrected chi connectivity index (χ0v) is 13.7. The van der Waals surface area contributed by atoms with Gasteiger partial charge in [0.1, 0.15) is 0 Å². The Kier molecular flexibility index (Phi) is 5.80. The predicted molar refractivity (Wildman–Crippen MR) is 81.5 cm³/mol. The summed E-state index contributed by atoms with van der Waals surface area (Å²) in [7, 11) is -0.628. The molecule has 0 aliphatic rings. The average molecular weight is 307 g/mol. The summed E-state index contributed by atoms with van der Waals surface area (Å²) < 4.78 is 5.28. The molecule has 6 nitrogen and oxygen atoms in total. The van der Waals surface area contributed by atoms with Gasteiger partial charge < -0.3 is 19.2 Å². The molecule has 0 radical (unpaired) electrons. The lowest BCUT2D eigenvalue weighted by Gasteiger charge is -2.21. The molecule has 0 bridgehead atoms. The van der Waals surface area contributed by atoms with Gasteiger partial charge in [0.15, 0.2) is 0 Å². The fourth-order valence-corrected chi connectivity index (χ4v) is 2.58. The van der Waals surface area contributed by atoms with E-state index >= 15 is 0 Å². The minimum absolute atomic E-state index is 0.217. The van der Waals surface area contributed by atoms with Crippen LogP contribution in [0, 0.1) is 6.92 Å². The number of hydrogen-bond acceptors (Lipinski definition) is 4. The lowest BCUT2D eigenvalue weighted by atomic mass is 10.4. The molecule has 1 aromatic rings. The maximum atomic E-state index is 9.86. The first kappa shape index (κ1) is 16.4. The molecule has 110 valence electrons. The number of rotatable bonds is 5. The van der Waals surface area contributed by atoms with Crippen molar-refractivity contribution in [3.05, 3.63) is 11.8 Å². The van der Waals surface area contributed by atoms with Crippen molar-refractivity contribution in [3.8, 4) is 5.88 Å². The van der Waals surface area contributed by atoms with Gasteiger partial charge in [-0.15, -0.1) is 10.1 Å². The SMILES string of the molecule is CCN(CC)c1nc(C)cc(OP(O)(O)=S(C)C)n1. The van der Waals surface area contributed by atoms with Gasteiger partial charge in [-0.1, -0.05) is 0 Å². The second-order valence-corrected chi connectivity index (χ2v) is 10.5. The Hall–Kier alpha value is -0.620. The molecule has 1 aromatic heterocycles. The molecule has 0 aliphatic heterocycles. The Labute approximate surface area is 116 Å². The number of aryl methyl sites for hydroxylation is 1. The molecule has 0 fully saturated rings. The van der Waals surface area contributed by atoms with Crippen LogP contribution in [-0.4, -0.2) is 45.4 Å². The van der Waals surface area contributed by atoms with Crippen LogP contribution in [0.15, 0.2) is 6.07 Å². The first-order chi connectivity index (χ1) is 8.80. The van der Waals surface area contributed by atoms with Gasteiger partial charge in [0, 0.05) is 24.8 Å². The summed E-state index contributed by atoms with van der Waals surface area (Å²) in [6.07, 6.45) is 3.46. The zero-order valence-electron chi connectivity index (χ0n) is 12.0. The Bertz CT molecular complexity index is 496. The van der Waals surface area contributed by atoms with Crippen LogP contribution in [-0.2, 0) is 10.1 Å². The van der Waals surface area contributed by atoms with Gasteiger partial charge in [0.25, 0.3) is 0 Å². The van der Waals surface area contributed by atoms with Gasteiger partial charge in [-0.3, -0.25) is 0 Å². The van der Waals surface area contributed by atoms with Gasteiger partial charge in [0.05, 0.1) is 0 Å². The number of aromatic nitrogens is 2. The maximum absolute atomic E-state index is 9.86. The van der Waals surface area contributed by atoms with Crippen LogP contribution < -0.4 is 9.42 Å².